The van der Waals surface area contributed by atoms with E-state index in [2.05, 4.69) is 15.8 Å². The second kappa shape index (κ2) is 9.72. The predicted octanol–water partition coefficient (Wildman–Crippen LogP) is 1.85. The van der Waals surface area contributed by atoms with E-state index in [1.54, 1.807) is 30.3 Å². The van der Waals surface area contributed by atoms with Gasteiger partial charge in [-0.1, -0.05) is 37.3 Å². The molecule has 0 unspecified atom stereocenters. The lowest BCUT2D eigenvalue weighted by atomic mass is 9.98. The molecule has 0 saturated carbocycles. The summed E-state index contributed by atoms with van der Waals surface area (Å²) in [4.78, 5) is 29.8. The summed E-state index contributed by atoms with van der Waals surface area (Å²) >= 11 is 0. The lowest BCUT2D eigenvalue weighted by Crippen LogP contribution is -2.48. The maximum atomic E-state index is 12.7. The molecule has 2 heterocycles. The topological polar surface area (TPSA) is 113 Å². The van der Waals surface area contributed by atoms with Crippen molar-refractivity contribution in [2.45, 2.75) is 37.6 Å². The van der Waals surface area contributed by atoms with Gasteiger partial charge in [-0.05, 0) is 37.1 Å². The zero-order valence-electron chi connectivity index (χ0n) is 18.4. The Bertz CT molecular complexity index is 1250. The highest BCUT2D eigenvalue weighted by molar-refractivity contribution is 7.89. The molecule has 4 rings (SSSR count). The number of imidazole rings is 1. The van der Waals surface area contributed by atoms with E-state index in [-0.39, 0.29) is 42.3 Å². The number of nitrogens with one attached hydrogen (secondary N) is 2. The summed E-state index contributed by atoms with van der Waals surface area (Å²) in [7, 11) is -3.57. The molecule has 1 aliphatic rings. The van der Waals surface area contributed by atoms with Crippen LogP contribution in [0.25, 0.3) is 11.0 Å². The third-order valence-electron chi connectivity index (χ3n) is 5.88. The first-order valence-corrected chi connectivity index (χ1v) is 12.4. The summed E-state index contributed by atoms with van der Waals surface area (Å²) in [5, 5.41) is 0. The molecule has 0 spiro atoms. The number of sulfonamides is 1. The molecule has 2 amide bonds. The molecular formula is C23H27N5O4S. The molecule has 0 atom stereocenters. The average Bonchev–Trinajstić information content (AvgIpc) is 3.20. The number of para-hydroxylation sites is 2. The number of hydrogen-bond acceptors (Lipinski definition) is 5. The van der Waals surface area contributed by atoms with Crippen molar-refractivity contribution >= 4 is 32.9 Å². The number of amides is 2. The molecule has 1 fully saturated rings. The first-order valence-electron chi connectivity index (χ1n) is 11.0. The highest BCUT2D eigenvalue weighted by atomic mass is 32.2. The van der Waals surface area contributed by atoms with Gasteiger partial charge in [0.1, 0.15) is 12.4 Å². The molecular weight excluding hydrogens is 442 g/mol. The van der Waals surface area contributed by atoms with E-state index in [0.717, 1.165) is 16.9 Å². The van der Waals surface area contributed by atoms with Gasteiger partial charge in [-0.25, -0.2) is 13.4 Å². The molecule has 0 bridgehead atoms. The number of nitrogens with zero attached hydrogens (tertiary/aromatic N) is 3. The first kappa shape index (κ1) is 22.9. The largest absolute Gasteiger partial charge is 0.318 e. The number of fused-ring (bicyclic) bond motifs is 1. The Hall–Kier alpha value is -3.24. The van der Waals surface area contributed by atoms with Crippen LogP contribution in [0.15, 0.2) is 59.5 Å². The van der Waals surface area contributed by atoms with Gasteiger partial charge in [-0.2, -0.15) is 4.31 Å². The van der Waals surface area contributed by atoms with Gasteiger partial charge >= 0.3 is 0 Å². The summed E-state index contributed by atoms with van der Waals surface area (Å²) in [5.41, 5.74) is 6.66. The fraction of sp³-hybridized carbons (Fsp3) is 0.348. The van der Waals surface area contributed by atoms with Crippen LogP contribution in [0.3, 0.4) is 0 Å². The number of piperidine rings is 1. The molecule has 174 valence electrons. The maximum Gasteiger partial charge on any atom is 0.258 e. The Balaban J connectivity index is 1.30. The SMILES string of the molecule is CCc1nc2ccccc2n1CC(=O)NNC(=O)C1CCN(S(=O)(=O)c2ccccc2)CC1. The Labute approximate surface area is 192 Å². The monoisotopic (exact) mass is 469 g/mol. The minimum Gasteiger partial charge on any atom is -0.318 e. The molecule has 9 nitrogen and oxygen atoms in total. The number of hydrazine groups is 1. The van der Waals surface area contributed by atoms with Gasteiger partial charge in [0.05, 0.1) is 15.9 Å². The molecule has 2 aromatic carbocycles. The minimum atomic E-state index is -3.57. The minimum absolute atomic E-state index is 0.0394. The van der Waals surface area contributed by atoms with Crippen molar-refractivity contribution in [3.05, 3.63) is 60.4 Å². The molecule has 1 aromatic heterocycles. The quantitative estimate of drug-likeness (QED) is 0.535. The lowest BCUT2D eigenvalue weighted by molar-refractivity contribution is -0.132. The summed E-state index contributed by atoms with van der Waals surface area (Å²) < 4.78 is 28.7. The Morgan fingerprint density at radius 1 is 1.00 bits per heavy atom. The number of rotatable bonds is 6. The lowest BCUT2D eigenvalue weighted by Gasteiger charge is -2.30. The van der Waals surface area contributed by atoms with Crippen LogP contribution >= 0.6 is 0 Å². The summed E-state index contributed by atoms with van der Waals surface area (Å²) in [6.45, 7) is 2.52. The van der Waals surface area contributed by atoms with Gasteiger partial charge in [-0.15, -0.1) is 0 Å². The average molecular weight is 470 g/mol. The molecule has 1 aliphatic heterocycles. The Morgan fingerprint density at radius 3 is 2.36 bits per heavy atom. The number of hydrogen-bond donors (Lipinski definition) is 2. The third-order valence-corrected chi connectivity index (χ3v) is 7.80. The fourth-order valence-corrected chi connectivity index (χ4v) is 5.58. The van der Waals surface area contributed by atoms with Gasteiger partial charge < -0.3 is 4.57 Å². The highest BCUT2D eigenvalue weighted by Crippen LogP contribution is 2.23. The third kappa shape index (κ3) is 4.91. The van der Waals surface area contributed by atoms with E-state index < -0.39 is 10.0 Å². The van der Waals surface area contributed by atoms with Crippen molar-refractivity contribution in [3.8, 4) is 0 Å². The molecule has 33 heavy (non-hydrogen) atoms. The molecule has 0 aliphatic carbocycles. The molecule has 10 heteroatoms. The van der Waals surface area contributed by atoms with Crippen LogP contribution in [0.5, 0.6) is 0 Å². The normalized spacial score (nSPS) is 15.4. The van der Waals surface area contributed by atoms with Gasteiger partial charge in [-0.3, -0.25) is 20.4 Å². The van der Waals surface area contributed by atoms with Crippen molar-refractivity contribution in [1.82, 2.24) is 24.7 Å². The van der Waals surface area contributed by atoms with E-state index in [1.165, 1.54) is 4.31 Å². The van der Waals surface area contributed by atoms with Crippen LogP contribution in [0.4, 0.5) is 0 Å². The fourth-order valence-electron chi connectivity index (χ4n) is 4.09. The van der Waals surface area contributed by atoms with Gasteiger partial charge in [0, 0.05) is 25.4 Å². The second-order valence-corrected chi connectivity index (χ2v) is 9.92. The van der Waals surface area contributed by atoms with Crippen molar-refractivity contribution < 1.29 is 18.0 Å². The van der Waals surface area contributed by atoms with E-state index >= 15 is 0 Å². The van der Waals surface area contributed by atoms with Crippen LogP contribution < -0.4 is 10.9 Å². The van der Waals surface area contributed by atoms with E-state index in [4.69, 9.17) is 0 Å². The molecule has 3 aromatic rings. The van der Waals surface area contributed by atoms with E-state index in [1.807, 2.05) is 35.8 Å². The number of aromatic nitrogens is 2. The van der Waals surface area contributed by atoms with Crippen molar-refractivity contribution in [2.24, 2.45) is 5.92 Å². The summed E-state index contributed by atoms with van der Waals surface area (Å²) in [5.74, 6) is -0.242. The van der Waals surface area contributed by atoms with Crippen LogP contribution in [0.1, 0.15) is 25.6 Å². The van der Waals surface area contributed by atoms with Gasteiger partial charge in [0.2, 0.25) is 15.9 Å². The van der Waals surface area contributed by atoms with Crippen LogP contribution in [0, 0.1) is 5.92 Å². The zero-order valence-corrected chi connectivity index (χ0v) is 19.2. The number of carbonyl (C=O) groups excluding carboxylic acids is 2. The maximum absolute atomic E-state index is 12.7. The van der Waals surface area contributed by atoms with Crippen molar-refractivity contribution in [3.63, 3.8) is 0 Å². The standard InChI is InChI=1S/C23H27N5O4S/c1-2-21-24-19-10-6-7-11-20(19)28(21)16-22(29)25-26-23(30)17-12-14-27(15-13-17)33(31,32)18-8-4-3-5-9-18/h3-11,17H,2,12-16H2,1H3,(H,25,29)(H,26,30). The summed E-state index contributed by atoms with van der Waals surface area (Å²) in [6, 6.07) is 15.9. The van der Waals surface area contributed by atoms with Crippen LogP contribution in [0.2, 0.25) is 0 Å². The number of aryl methyl sites for hydroxylation is 1. The zero-order chi connectivity index (χ0) is 23.4. The number of benzene rings is 2. The Morgan fingerprint density at radius 2 is 1.67 bits per heavy atom. The van der Waals surface area contributed by atoms with Crippen molar-refractivity contribution in [1.29, 1.82) is 0 Å². The second-order valence-electron chi connectivity index (χ2n) is 7.99. The van der Waals surface area contributed by atoms with Crippen LogP contribution in [-0.4, -0.2) is 47.2 Å². The first-order chi connectivity index (χ1) is 15.9. The number of carbonyl (C=O) groups is 2. The van der Waals surface area contributed by atoms with E-state index in [0.29, 0.717) is 19.3 Å². The smallest absolute Gasteiger partial charge is 0.258 e. The van der Waals surface area contributed by atoms with Gasteiger partial charge in [0.25, 0.3) is 5.91 Å². The molecule has 1 saturated heterocycles. The van der Waals surface area contributed by atoms with E-state index in [9.17, 15) is 18.0 Å². The summed E-state index contributed by atoms with van der Waals surface area (Å²) in [6.07, 6.45) is 1.46. The van der Waals surface area contributed by atoms with Gasteiger partial charge in [0.15, 0.2) is 0 Å². The van der Waals surface area contributed by atoms with Crippen molar-refractivity contribution in [2.75, 3.05) is 13.1 Å². The molecule has 0 radical (unpaired) electrons. The van der Waals surface area contributed by atoms with Crippen LogP contribution in [-0.2, 0) is 32.6 Å². The highest BCUT2D eigenvalue weighted by Gasteiger charge is 2.32. The predicted molar refractivity (Wildman–Crippen MR) is 123 cm³/mol. The molecule has 2 N–H and O–H groups in total. The Kier molecular flexibility index (Phi) is 6.75.